The van der Waals surface area contributed by atoms with E-state index in [1.54, 1.807) is 0 Å². The van der Waals surface area contributed by atoms with Crippen LogP contribution in [0.4, 0.5) is 0 Å². The van der Waals surface area contributed by atoms with Crippen LogP contribution in [-0.2, 0) is 4.79 Å². The SMILES string of the molecule is CC(C)[C@@H](C(=O)N1CCC[C@H]1CP(c1ccccc1)c1ccccc1)N(C)C. The topological polar surface area (TPSA) is 23.6 Å². The van der Waals surface area contributed by atoms with Crippen molar-refractivity contribution in [3.63, 3.8) is 0 Å². The molecule has 150 valence electrons. The van der Waals surface area contributed by atoms with Crippen molar-refractivity contribution in [3.8, 4) is 0 Å². The van der Waals surface area contributed by atoms with E-state index in [0.29, 0.717) is 17.9 Å². The van der Waals surface area contributed by atoms with Crippen molar-refractivity contribution in [3.05, 3.63) is 60.7 Å². The van der Waals surface area contributed by atoms with Crippen LogP contribution in [0.5, 0.6) is 0 Å². The van der Waals surface area contributed by atoms with Gasteiger partial charge in [-0.05, 0) is 57.5 Å². The summed E-state index contributed by atoms with van der Waals surface area (Å²) in [4.78, 5) is 17.7. The highest BCUT2D eigenvalue weighted by Gasteiger charge is 2.36. The zero-order valence-corrected chi connectivity index (χ0v) is 18.5. The highest BCUT2D eigenvalue weighted by molar-refractivity contribution is 7.73. The van der Waals surface area contributed by atoms with E-state index in [-0.39, 0.29) is 6.04 Å². The molecule has 0 saturated carbocycles. The quantitative estimate of drug-likeness (QED) is 0.667. The summed E-state index contributed by atoms with van der Waals surface area (Å²) < 4.78 is 0. The Morgan fingerprint density at radius 2 is 1.57 bits per heavy atom. The molecule has 1 saturated heterocycles. The standard InChI is InChI=1S/C24H33N2OP/c1-19(2)23(25(3)4)24(27)26-17-11-12-20(26)18-28(21-13-7-5-8-14-21)22-15-9-6-10-16-22/h5-10,13-16,19-20,23H,11-12,17-18H2,1-4H3/t20-,23-/m0/s1. The average molecular weight is 397 g/mol. The van der Waals surface area contributed by atoms with Gasteiger partial charge in [-0.3, -0.25) is 9.69 Å². The van der Waals surface area contributed by atoms with Gasteiger partial charge in [0.2, 0.25) is 5.91 Å². The highest BCUT2D eigenvalue weighted by atomic mass is 31.1. The first kappa shape index (κ1) is 21.0. The maximum atomic E-state index is 13.4. The number of hydrogen-bond donors (Lipinski definition) is 0. The summed E-state index contributed by atoms with van der Waals surface area (Å²) in [5, 5.41) is 2.80. The zero-order valence-electron chi connectivity index (χ0n) is 17.6. The number of rotatable bonds is 7. The Labute approximate surface area is 171 Å². The van der Waals surface area contributed by atoms with E-state index in [9.17, 15) is 4.79 Å². The summed E-state index contributed by atoms with van der Waals surface area (Å²) in [5.74, 6) is 0.618. The van der Waals surface area contributed by atoms with Crippen LogP contribution >= 0.6 is 7.92 Å². The van der Waals surface area contributed by atoms with Crippen molar-refractivity contribution in [1.82, 2.24) is 9.80 Å². The van der Waals surface area contributed by atoms with Gasteiger partial charge in [0, 0.05) is 12.6 Å². The number of hydrogen-bond acceptors (Lipinski definition) is 2. The van der Waals surface area contributed by atoms with Crippen molar-refractivity contribution < 1.29 is 4.79 Å². The second kappa shape index (κ2) is 9.67. The fourth-order valence-corrected chi connectivity index (χ4v) is 6.96. The second-order valence-electron chi connectivity index (χ2n) is 8.26. The predicted octanol–water partition coefficient (Wildman–Crippen LogP) is 3.70. The van der Waals surface area contributed by atoms with Crippen LogP contribution in [0.3, 0.4) is 0 Å². The normalized spacial score (nSPS) is 18.2. The Balaban J connectivity index is 1.85. The van der Waals surface area contributed by atoms with Gasteiger partial charge >= 0.3 is 0 Å². The molecule has 1 fully saturated rings. The highest BCUT2D eigenvalue weighted by Crippen LogP contribution is 2.38. The number of amides is 1. The van der Waals surface area contributed by atoms with Gasteiger partial charge in [-0.15, -0.1) is 0 Å². The fourth-order valence-electron chi connectivity index (χ4n) is 4.37. The first-order valence-electron chi connectivity index (χ1n) is 10.3. The Bertz CT molecular complexity index is 700. The molecule has 4 heteroatoms. The number of carbonyl (C=O) groups is 1. The average Bonchev–Trinajstić information content (AvgIpc) is 3.15. The van der Waals surface area contributed by atoms with Gasteiger partial charge in [0.05, 0.1) is 6.04 Å². The summed E-state index contributed by atoms with van der Waals surface area (Å²) in [6.45, 7) is 5.19. The van der Waals surface area contributed by atoms with Crippen molar-refractivity contribution in [2.75, 3.05) is 26.8 Å². The van der Waals surface area contributed by atoms with E-state index in [1.165, 1.54) is 10.6 Å². The van der Waals surface area contributed by atoms with E-state index in [2.05, 4.69) is 84.3 Å². The van der Waals surface area contributed by atoms with Crippen molar-refractivity contribution in [1.29, 1.82) is 0 Å². The van der Waals surface area contributed by atoms with Gasteiger partial charge in [0.15, 0.2) is 0 Å². The Kier molecular flexibility index (Phi) is 7.26. The van der Waals surface area contributed by atoms with E-state index >= 15 is 0 Å². The fraction of sp³-hybridized carbons (Fsp3) is 0.458. The third kappa shape index (κ3) is 4.82. The molecule has 2 atom stereocenters. The lowest BCUT2D eigenvalue weighted by molar-refractivity contribution is -0.138. The smallest absolute Gasteiger partial charge is 0.240 e. The Hall–Kier alpha value is -1.70. The van der Waals surface area contributed by atoms with Crippen LogP contribution in [0, 0.1) is 5.92 Å². The molecule has 0 aliphatic carbocycles. The molecule has 1 aliphatic rings. The maximum Gasteiger partial charge on any atom is 0.240 e. The number of likely N-dealkylation sites (tertiary alicyclic amines) is 1. The summed E-state index contributed by atoms with van der Waals surface area (Å²) in [7, 11) is 3.57. The largest absolute Gasteiger partial charge is 0.338 e. The summed E-state index contributed by atoms with van der Waals surface area (Å²) in [6, 6.07) is 22.0. The van der Waals surface area contributed by atoms with Crippen LogP contribution in [0.15, 0.2) is 60.7 Å². The van der Waals surface area contributed by atoms with E-state index in [4.69, 9.17) is 0 Å². The number of benzene rings is 2. The molecule has 0 aromatic heterocycles. The van der Waals surface area contributed by atoms with Gasteiger partial charge in [-0.1, -0.05) is 74.5 Å². The van der Waals surface area contributed by atoms with Crippen LogP contribution in [-0.4, -0.2) is 54.6 Å². The van der Waals surface area contributed by atoms with Crippen molar-refractivity contribution >= 4 is 24.4 Å². The van der Waals surface area contributed by atoms with Gasteiger partial charge in [-0.25, -0.2) is 0 Å². The first-order valence-corrected chi connectivity index (χ1v) is 11.9. The van der Waals surface area contributed by atoms with Crippen LogP contribution < -0.4 is 10.6 Å². The van der Waals surface area contributed by atoms with Crippen molar-refractivity contribution in [2.24, 2.45) is 5.92 Å². The van der Waals surface area contributed by atoms with E-state index < -0.39 is 7.92 Å². The molecular weight excluding hydrogens is 363 g/mol. The molecule has 0 N–H and O–H groups in total. The lowest BCUT2D eigenvalue weighted by atomic mass is 10.0. The Morgan fingerprint density at radius 3 is 2.04 bits per heavy atom. The molecule has 0 unspecified atom stereocenters. The number of carbonyl (C=O) groups excluding carboxylic acids is 1. The van der Waals surface area contributed by atoms with Gasteiger partial charge < -0.3 is 4.90 Å². The minimum absolute atomic E-state index is 0.0414. The minimum atomic E-state index is -0.471. The summed E-state index contributed by atoms with van der Waals surface area (Å²) in [5.41, 5.74) is 0. The molecule has 3 nitrogen and oxygen atoms in total. The molecule has 3 rings (SSSR count). The van der Waals surface area contributed by atoms with E-state index in [0.717, 1.165) is 25.5 Å². The summed E-state index contributed by atoms with van der Waals surface area (Å²) in [6.07, 6.45) is 3.28. The molecular formula is C24H33N2OP. The van der Waals surface area contributed by atoms with Crippen LogP contribution in [0.2, 0.25) is 0 Å². The second-order valence-corrected chi connectivity index (χ2v) is 10.5. The summed E-state index contributed by atoms with van der Waals surface area (Å²) >= 11 is 0. The molecule has 2 aromatic carbocycles. The van der Waals surface area contributed by atoms with Crippen LogP contribution in [0.25, 0.3) is 0 Å². The molecule has 0 bridgehead atoms. The number of likely N-dealkylation sites (N-methyl/N-ethyl adjacent to an activating group) is 1. The maximum absolute atomic E-state index is 13.4. The van der Waals surface area contributed by atoms with Crippen molar-refractivity contribution in [2.45, 2.75) is 38.8 Å². The van der Waals surface area contributed by atoms with Crippen LogP contribution in [0.1, 0.15) is 26.7 Å². The molecule has 0 spiro atoms. The monoisotopic (exact) mass is 396 g/mol. The van der Waals surface area contributed by atoms with Gasteiger partial charge in [0.1, 0.15) is 0 Å². The molecule has 28 heavy (non-hydrogen) atoms. The third-order valence-electron chi connectivity index (χ3n) is 5.63. The lowest BCUT2D eigenvalue weighted by Gasteiger charge is -2.35. The van der Waals surface area contributed by atoms with Gasteiger partial charge in [0.25, 0.3) is 0 Å². The zero-order chi connectivity index (χ0) is 20.1. The predicted molar refractivity (Wildman–Crippen MR) is 121 cm³/mol. The molecule has 1 heterocycles. The third-order valence-corrected chi connectivity index (χ3v) is 8.26. The number of nitrogens with zero attached hydrogens (tertiary/aromatic N) is 2. The molecule has 1 aliphatic heterocycles. The minimum Gasteiger partial charge on any atom is -0.338 e. The lowest BCUT2D eigenvalue weighted by Crippen LogP contribution is -2.51. The first-order chi connectivity index (χ1) is 13.5. The Morgan fingerprint density at radius 1 is 1.04 bits per heavy atom. The molecule has 0 radical (unpaired) electrons. The van der Waals surface area contributed by atoms with E-state index in [1.807, 2.05) is 14.1 Å². The van der Waals surface area contributed by atoms with Gasteiger partial charge in [-0.2, -0.15) is 0 Å². The molecule has 2 aromatic rings. The molecule has 1 amide bonds.